The first-order valence-electron chi connectivity index (χ1n) is 14.7. The van der Waals surface area contributed by atoms with Crippen LogP contribution in [0.25, 0.3) is 0 Å². The Hall–Kier alpha value is -5.64. The lowest BCUT2D eigenvalue weighted by Crippen LogP contribution is -2.41. The molecule has 0 saturated heterocycles. The Morgan fingerprint density at radius 2 is 1.66 bits per heavy atom. The molecular weight excluding hydrogens is 613 g/mol. The van der Waals surface area contributed by atoms with Gasteiger partial charge in [-0.25, -0.2) is 4.39 Å². The van der Waals surface area contributed by atoms with Crippen molar-refractivity contribution in [3.63, 3.8) is 0 Å². The minimum Gasteiger partial charge on any atom is -0.495 e. The van der Waals surface area contributed by atoms with Crippen molar-refractivity contribution in [1.82, 2.24) is 14.7 Å². The molecule has 0 unspecified atom stereocenters. The highest BCUT2D eigenvalue weighted by Crippen LogP contribution is 2.37. The largest absolute Gasteiger partial charge is 0.495 e. The van der Waals surface area contributed by atoms with Gasteiger partial charge in [0.1, 0.15) is 23.3 Å². The quantitative estimate of drug-likeness (QED) is 0.286. The minimum absolute atomic E-state index is 0.129. The monoisotopic (exact) mass is 644 g/mol. The number of fused-ring (bicyclic) bond motifs is 1. The van der Waals surface area contributed by atoms with Crippen LogP contribution in [0.5, 0.6) is 5.75 Å². The lowest BCUT2D eigenvalue weighted by molar-refractivity contribution is -0.129. The average Bonchev–Trinajstić information content (AvgIpc) is 3.85. The first-order valence-corrected chi connectivity index (χ1v) is 14.7. The molecule has 0 bridgehead atoms. The Kier molecular flexibility index (Phi) is 9.32. The molecule has 10 nitrogen and oxygen atoms in total. The van der Waals surface area contributed by atoms with Crippen molar-refractivity contribution in [2.24, 2.45) is 5.92 Å². The van der Waals surface area contributed by atoms with Crippen molar-refractivity contribution in [3.8, 4) is 11.8 Å². The van der Waals surface area contributed by atoms with Crippen LogP contribution in [0.1, 0.15) is 50.4 Å². The van der Waals surface area contributed by atoms with Gasteiger partial charge in [0, 0.05) is 48.9 Å². The number of amides is 3. The molecule has 0 spiro atoms. The number of ether oxygens (including phenoxy) is 1. The van der Waals surface area contributed by atoms with E-state index in [0.29, 0.717) is 29.8 Å². The van der Waals surface area contributed by atoms with E-state index in [1.165, 1.54) is 65.4 Å². The van der Waals surface area contributed by atoms with Gasteiger partial charge in [-0.2, -0.15) is 19.1 Å². The molecule has 1 aliphatic carbocycles. The summed E-state index contributed by atoms with van der Waals surface area (Å²) in [4.78, 5) is 40.2. The van der Waals surface area contributed by atoms with Crippen molar-refractivity contribution in [2.75, 3.05) is 38.0 Å². The first-order chi connectivity index (χ1) is 22.4. The number of anilines is 2. The van der Waals surface area contributed by atoms with Crippen LogP contribution in [0.15, 0.2) is 72.9 Å². The van der Waals surface area contributed by atoms with Crippen molar-refractivity contribution in [1.29, 1.82) is 5.26 Å². The van der Waals surface area contributed by atoms with Gasteiger partial charge in [0.25, 0.3) is 17.7 Å². The Labute approximate surface area is 269 Å². The van der Waals surface area contributed by atoms with E-state index in [-0.39, 0.29) is 40.2 Å². The maximum absolute atomic E-state index is 15.0. The van der Waals surface area contributed by atoms with Crippen LogP contribution in [-0.2, 0) is 17.3 Å². The molecule has 13 heteroatoms. The van der Waals surface area contributed by atoms with Gasteiger partial charge in [-0.3, -0.25) is 19.1 Å². The van der Waals surface area contributed by atoms with Crippen LogP contribution >= 0.6 is 0 Å². The lowest BCUT2D eigenvalue weighted by atomic mass is 10.00. The van der Waals surface area contributed by atoms with Crippen LogP contribution in [0.3, 0.4) is 0 Å². The standard InChI is InChI=1S/C28H20F3N5O3.C6H11NO/c1-39-24-11-2-17(14-18(24)15-32)26(37)34-23-16-33-36-13-12-35(27(38)25(23)36)22-9-5-20(6-10-22)28(30,31)19-3-7-21(29)8-4-19;1-7(2)6(8)5-3-4-5/h2-11,14,16H,12-13H2,1H3,(H,34,37);5H,3-4H2,1-2H3. The molecule has 2 aliphatic rings. The fourth-order valence-corrected chi connectivity index (χ4v) is 5.05. The number of aromatic nitrogens is 2. The van der Waals surface area contributed by atoms with Crippen LogP contribution in [0.4, 0.5) is 24.5 Å². The van der Waals surface area contributed by atoms with Crippen LogP contribution < -0.4 is 15.0 Å². The third-order valence-electron chi connectivity index (χ3n) is 7.77. The lowest BCUT2D eigenvalue weighted by Gasteiger charge is -2.28. The summed E-state index contributed by atoms with van der Waals surface area (Å²) in [7, 11) is 5.03. The third-order valence-corrected chi connectivity index (χ3v) is 7.77. The van der Waals surface area contributed by atoms with Crippen molar-refractivity contribution >= 4 is 29.1 Å². The fourth-order valence-electron chi connectivity index (χ4n) is 5.05. The average molecular weight is 645 g/mol. The summed E-state index contributed by atoms with van der Waals surface area (Å²) in [5.41, 5.74) is 0.387. The molecular formula is C34H31F3N6O4. The Morgan fingerprint density at radius 3 is 2.21 bits per heavy atom. The van der Waals surface area contributed by atoms with Gasteiger partial charge in [0.05, 0.1) is 31.1 Å². The number of hydrogen-bond acceptors (Lipinski definition) is 6. The molecule has 3 aromatic carbocycles. The van der Waals surface area contributed by atoms with Crippen LogP contribution in [0, 0.1) is 23.1 Å². The molecule has 47 heavy (non-hydrogen) atoms. The summed E-state index contributed by atoms with van der Waals surface area (Å²) in [6.45, 7) is 0.546. The number of nitriles is 1. The Balaban J connectivity index is 0.000000474. The second-order valence-corrected chi connectivity index (χ2v) is 11.2. The molecule has 1 N–H and O–H groups in total. The number of carbonyl (C=O) groups excluding carboxylic acids is 3. The van der Waals surface area contributed by atoms with Gasteiger partial charge in [-0.15, -0.1) is 0 Å². The highest BCUT2D eigenvalue weighted by atomic mass is 19.3. The summed E-state index contributed by atoms with van der Waals surface area (Å²) in [6, 6.07) is 15.6. The molecule has 1 aliphatic heterocycles. The smallest absolute Gasteiger partial charge is 0.298 e. The molecule has 1 fully saturated rings. The number of carbonyl (C=O) groups is 3. The summed E-state index contributed by atoms with van der Waals surface area (Å²) in [6.07, 6.45) is 3.57. The highest BCUT2D eigenvalue weighted by molar-refractivity contribution is 6.13. The molecule has 242 valence electrons. The van der Waals surface area contributed by atoms with E-state index in [2.05, 4.69) is 10.4 Å². The number of nitrogens with zero attached hydrogens (tertiary/aromatic N) is 5. The molecule has 0 radical (unpaired) electrons. The van der Waals surface area contributed by atoms with Gasteiger partial charge >= 0.3 is 0 Å². The summed E-state index contributed by atoms with van der Waals surface area (Å²) in [5.74, 6) is -4.00. The molecule has 1 aromatic heterocycles. The van der Waals surface area contributed by atoms with Gasteiger partial charge < -0.3 is 19.9 Å². The van der Waals surface area contributed by atoms with E-state index in [0.717, 1.165) is 37.1 Å². The van der Waals surface area contributed by atoms with Crippen molar-refractivity contribution < 1.29 is 32.3 Å². The van der Waals surface area contributed by atoms with Crippen molar-refractivity contribution in [2.45, 2.75) is 25.3 Å². The number of alkyl halides is 2. The number of methoxy groups -OCH3 is 1. The summed E-state index contributed by atoms with van der Waals surface area (Å²) < 4.78 is 49.6. The van der Waals surface area contributed by atoms with Gasteiger partial charge in [0.2, 0.25) is 5.91 Å². The van der Waals surface area contributed by atoms with Gasteiger partial charge in [0.15, 0.2) is 0 Å². The van der Waals surface area contributed by atoms with E-state index in [1.54, 1.807) is 19.0 Å². The maximum Gasteiger partial charge on any atom is 0.298 e. The summed E-state index contributed by atoms with van der Waals surface area (Å²) in [5, 5.41) is 16.1. The topological polar surface area (TPSA) is 121 Å². The molecule has 0 atom stereocenters. The normalized spacial score (nSPS) is 13.9. The van der Waals surface area contributed by atoms with E-state index >= 15 is 0 Å². The zero-order chi connectivity index (χ0) is 33.9. The van der Waals surface area contributed by atoms with Crippen LogP contribution in [0.2, 0.25) is 0 Å². The SMILES string of the molecule is CN(C)C(=O)C1CC1.COc1ccc(C(=O)Nc2cnn3c2C(=O)N(c2ccc(C(F)(F)c4ccc(F)cc4)cc2)CC3)cc1C#N. The van der Waals surface area contributed by atoms with Crippen LogP contribution in [-0.4, -0.2) is 60.2 Å². The number of hydrogen-bond donors (Lipinski definition) is 1. The van der Waals surface area contributed by atoms with Gasteiger partial charge in [-0.05, 0) is 67.4 Å². The predicted octanol–water partition coefficient (Wildman–Crippen LogP) is 5.44. The van der Waals surface area contributed by atoms with Crippen molar-refractivity contribution in [3.05, 3.63) is 107 Å². The van der Waals surface area contributed by atoms with E-state index < -0.39 is 23.6 Å². The fraction of sp³-hybridized carbons (Fsp3) is 0.265. The number of halogens is 3. The van der Waals surface area contributed by atoms with E-state index in [9.17, 15) is 32.8 Å². The molecule has 3 amide bonds. The summed E-state index contributed by atoms with van der Waals surface area (Å²) >= 11 is 0. The predicted molar refractivity (Wildman–Crippen MR) is 167 cm³/mol. The maximum atomic E-state index is 15.0. The third kappa shape index (κ3) is 6.96. The number of benzene rings is 3. The molecule has 2 heterocycles. The Morgan fingerprint density at radius 1 is 1.02 bits per heavy atom. The number of rotatable bonds is 7. The zero-order valence-corrected chi connectivity index (χ0v) is 25.8. The second kappa shape index (κ2) is 13.4. The van der Waals surface area contributed by atoms with E-state index in [1.807, 2.05) is 6.07 Å². The minimum atomic E-state index is -3.36. The first kappa shape index (κ1) is 32.7. The molecule has 1 saturated carbocycles. The number of nitrogens with one attached hydrogen (secondary N) is 1. The molecule has 4 aromatic rings. The van der Waals surface area contributed by atoms with E-state index in [4.69, 9.17) is 4.74 Å². The Bertz CT molecular complexity index is 1840. The highest BCUT2D eigenvalue weighted by Gasteiger charge is 2.35. The zero-order valence-electron chi connectivity index (χ0n) is 25.8. The molecule has 6 rings (SSSR count). The second-order valence-electron chi connectivity index (χ2n) is 11.2. The van der Waals surface area contributed by atoms with Gasteiger partial charge in [-0.1, -0.05) is 12.1 Å².